The minimum atomic E-state index is -1.42. The lowest BCUT2D eigenvalue weighted by Gasteiger charge is -2.23. The van der Waals surface area contributed by atoms with Crippen LogP contribution < -0.4 is 0 Å². The Labute approximate surface area is 224 Å². The number of nitrogens with zero attached hydrogens (tertiary/aromatic N) is 2. The molecule has 0 radical (unpaired) electrons. The van der Waals surface area contributed by atoms with Gasteiger partial charge in [0.2, 0.25) is 0 Å². The van der Waals surface area contributed by atoms with Crippen LogP contribution in [0.3, 0.4) is 0 Å². The number of likely N-dealkylation sites (tertiary alicyclic amines) is 1. The van der Waals surface area contributed by atoms with E-state index in [1.165, 1.54) is 22.1 Å². The number of nitrogens with one attached hydrogen (secondary N) is 1. The SMILES string of the molecule is Cc1ccc(-c2cccc(-c3nc4c(ccc5cc(C(=O)N6CCC[C@@H]6OC(=O)O)cc(O)c54)[nH]3)c2)cc1C. The van der Waals surface area contributed by atoms with Gasteiger partial charge in [-0.2, -0.15) is 0 Å². The summed E-state index contributed by atoms with van der Waals surface area (Å²) >= 11 is 0. The molecule has 1 saturated heterocycles. The van der Waals surface area contributed by atoms with E-state index in [0.29, 0.717) is 41.5 Å². The molecule has 0 aliphatic carbocycles. The van der Waals surface area contributed by atoms with Crippen molar-refractivity contribution in [2.45, 2.75) is 32.9 Å². The summed E-state index contributed by atoms with van der Waals surface area (Å²) in [6, 6.07) is 21.4. The van der Waals surface area contributed by atoms with Gasteiger partial charge in [0.1, 0.15) is 17.1 Å². The number of aryl methyl sites for hydroxylation is 2. The third kappa shape index (κ3) is 4.44. The zero-order chi connectivity index (χ0) is 27.3. The van der Waals surface area contributed by atoms with Crippen molar-refractivity contribution in [2.24, 2.45) is 0 Å². The number of hydrogen-bond acceptors (Lipinski definition) is 5. The van der Waals surface area contributed by atoms with Gasteiger partial charge < -0.3 is 24.8 Å². The summed E-state index contributed by atoms with van der Waals surface area (Å²) < 4.78 is 4.88. The van der Waals surface area contributed by atoms with Crippen molar-refractivity contribution >= 4 is 33.9 Å². The number of carbonyl (C=O) groups is 2. The first-order valence-corrected chi connectivity index (χ1v) is 12.8. The molecule has 5 aromatic rings. The molecule has 4 aromatic carbocycles. The van der Waals surface area contributed by atoms with E-state index in [4.69, 9.17) is 14.8 Å². The Morgan fingerprint density at radius 1 is 0.974 bits per heavy atom. The van der Waals surface area contributed by atoms with Gasteiger partial charge >= 0.3 is 6.16 Å². The molecule has 39 heavy (non-hydrogen) atoms. The van der Waals surface area contributed by atoms with Gasteiger partial charge in [-0.3, -0.25) is 4.79 Å². The van der Waals surface area contributed by atoms with Gasteiger partial charge in [0, 0.05) is 24.1 Å². The van der Waals surface area contributed by atoms with Gasteiger partial charge in [-0.15, -0.1) is 0 Å². The second-order valence-corrected chi connectivity index (χ2v) is 10.00. The smallest absolute Gasteiger partial charge is 0.507 e. The molecule has 1 aliphatic heterocycles. The molecule has 196 valence electrons. The largest absolute Gasteiger partial charge is 0.507 e. The van der Waals surface area contributed by atoms with E-state index in [1.54, 1.807) is 6.07 Å². The Hall–Kier alpha value is -4.85. The highest BCUT2D eigenvalue weighted by molar-refractivity contribution is 6.11. The number of phenolic OH excluding ortho intramolecular Hbond substituents is 1. The van der Waals surface area contributed by atoms with E-state index in [0.717, 1.165) is 22.2 Å². The van der Waals surface area contributed by atoms with Crippen LogP contribution in [0.2, 0.25) is 0 Å². The van der Waals surface area contributed by atoms with Crippen molar-refractivity contribution in [2.75, 3.05) is 6.54 Å². The van der Waals surface area contributed by atoms with E-state index in [2.05, 4.69) is 49.2 Å². The molecular formula is C31H27N3O5. The number of benzene rings is 4. The first-order valence-electron chi connectivity index (χ1n) is 12.8. The number of ether oxygens (including phenoxy) is 1. The van der Waals surface area contributed by atoms with Crippen LogP contribution in [0.1, 0.15) is 34.3 Å². The number of H-pyrrole nitrogens is 1. The Balaban J connectivity index is 1.37. The van der Waals surface area contributed by atoms with E-state index >= 15 is 0 Å². The summed E-state index contributed by atoms with van der Waals surface area (Å²) in [4.78, 5) is 33.8. The molecule has 0 saturated carbocycles. The summed E-state index contributed by atoms with van der Waals surface area (Å²) in [7, 11) is 0. The van der Waals surface area contributed by atoms with Crippen LogP contribution in [0.25, 0.3) is 44.3 Å². The summed E-state index contributed by atoms with van der Waals surface area (Å²) in [6.45, 7) is 4.59. The molecular weight excluding hydrogens is 494 g/mol. The highest BCUT2D eigenvalue weighted by atomic mass is 16.7. The zero-order valence-electron chi connectivity index (χ0n) is 21.6. The van der Waals surface area contributed by atoms with E-state index < -0.39 is 12.4 Å². The molecule has 3 N–H and O–H groups in total. The molecule has 8 nitrogen and oxygen atoms in total. The monoisotopic (exact) mass is 521 g/mol. The minimum absolute atomic E-state index is 0.0710. The second kappa shape index (κ2) is 9.47. The number of carbonyl (C=O) groups excluding carboxylic acids is 1. The molecule has 0 unspecified atom stereocenters. The van der Waals surface area contributed by atoms with Crippen LogP contribution in [0, 0.1) is 13.8 Å². The molecule has 8 heteroatoms. The van der Waals surface area contributed by atoms with Crippen LogP contribution in [0.4, 0.5) is 4.79 Å². The molecule has 1 aromatic heterocycles. The van der Waals surface area contributed by atoms with Crippen LogP contribution >= 0.6 is 0 Å². The lowest BCUT2D eigenvalue weighted by molar-refractivity contribution is -0.00705. The fourth-order valence-electron chi connectivity index (χ4n) is 5.31. The standard InChI is InChI=1S/C31H27N3O5/c1-17-8-9-20(13-18(17)2)19-5-3-6-22(14-19)29-32-24-11-10-21-15-23(16-25(35)27(21)28(24)33-29)30(36)34-12-4-7-26(34)39-31(37)38/h3,5-6,8-11,13-16,26,35H,4,7,12H2,1-2H3,(H,32,33)(H,37,38)/t26-/m0/s1. The summed E-state index contributed by atoms with van der Waals surface area (Å²) in [5.74, 6) is 0.216. The fourth-order valence-corrected chi connectivity index (χ4v) is 5.31. The Kier molecular flexibility index (Phi) is 5.95. The van der Waals surface area contributed by atoms with Crippen LogP contribution in [0.5, 0.6) is 5.75 Å². The molecule has 2 heterocycles. The number of aromatic hydroxyl groups is 1. The van der Waals surface area contributed by atoms with Crippen molar-refractivity contribution in [3.8, 4) is 28.3 Å². The van der Waals surface area contributed by atoms with Gasteiger partial charge in [-0.25, -0.2) is 9.78 Å². The molecule has 0 bridgehead atoms. The molecule has 6 rings (SSSR count). The highest BCUT2D eigenvalue weighted by Gasteiger charge is 2.32. The maximum atomic E-state index is 13.2. The molecule has 0 spiro atoms. The average molecular weight is 522 g/mol. The third-order valence-electron chi connectivity index (χ3n) is 7.46. The number of phenols is 1. The van der Waals surface area contributed by atoms with Crippen LogP contribution in [0.15, 0.2) is 66.7 Å². The van der Waals surface area contributed by atoms with Crippen molar-refractivity contribution in [1.29, 1.82) is 0 Å². The molecule has 1 atom stereocenters. The lowest BCUT2D eigenvalue weighted by atomic mass is 9.99. The van der Waals surface area contributed by atoms with E-state index in [-0.39, 0.29) is 17.2 Å². The summed E-state index contributed by atoms with van der Waals surface area (Å²) in [5, 5.41) is 21.2. The second-order valence-electron chi connectivity index (χ2n) is 10.00. The number of hydrogen-bond donors (Lipinski definition) is 3. The van der Waals surface area contributed by atoms with Crippen molar-refractivity contribution < 1.29 is 24.5 Å². The number of imidazole rings is 1. The Morgan fingerprint density at radius 3 is 2.56 bits per heavy atom. The highest BCUT2D eigenvalue weighted by Crippen LogP contribution is 2.35. The first kappa shape index (κ1) is 24.5. The predicted octanol–water partition coefficient (Wildman–Crippen LogP) is 6.63. The maximum Gasteiger partial charge on any atom is 0.507 e. The number of fused-ring (bicyclic) bond motifs is 3. The number of amides is 1. The predicted molar refractivity (Wildman–Crippen MR) is 149 cm³/mol. The zero-order valence-corrected chi connectivity index (χ0v) is 21.6. The van der Waals surface area contributed by atoms with Gasteiger partial charge in [0.15, 0.2) is 6.23 Å². The average Bonchev–Trinajstić information content (AvgIpc) is 3.56. The molecule has 1 amide bonds. The van der Waals surface area contributed by atoms with Gasteiger partial charge in [-0.1, -0.05) is 42.5 Å². The van der Waals surface area contributed by atoms with Gasteiger partial charge in [-0.05, 0) is 72.2 Å². The number of aromatic nitrogens is 2. The van der Waals surface area contributed by atoms with Crippen LogP contribution in [-0.2, 0) is 4.74 Å². The summed E-state index contributed by atoms with van der Waals surface area (Å²) in [5.41, 5.74) is 7.23. The van der Waals surface area contributed by atoms with Gasteiger partial charge in [0.25, 0.3) is 5.91 Å². The third-order valence-corrected chi connectivity index (χ3v) is 7.46. The number of rotatable bonds is 4. The maximum absolute atomic E-state index is 13.2. The first-order chi connectivity index (χ1) is 18.8. The van der Waals surface area contributed by atoms with Crippen LogP contribution in [-0.4, -0.2) is 49.9 Å². The van der Waals surface area contributed by atoms with Crippen molar-refractivity contribution in [3.63, 3.8) is 0 Å². The van der Waals surface area contributed by atoms with E-state index in [1.807, 2.05) is 24.3 Å². The summed E-state index contributed by atoms with van der Waals surface area (Å²) in [6.07, 6.45) is -1.16. The molecule has 1 aliphatic rings. The molecule has 1 fully saturated rings. The topological polar surface area (TPSA) is 116 Å². The number of carboxylic acid groups (broad SMARTS) is 1. The Bertz CT molecular complexity index is 1770. The van der Waals surface area contributed by atoms with Crippen molar-refractivity contribution in [1.82, 2.24) is 14.9 Å². The fraction of sp³-hybridized carbons (Fsp3) is 0.194. The van der Waals surface area contributed by atoms with E-state index in [9.17, 15) is 14.7 Å². The number of aromatic amines is 1. The normalized spacial score (nSPS) is 15.2. The Morgan fingerprint density at radius 2 is 1.77 bits per heavy atom. The van der Waals surface area contributed by atoms with Gasteiger partial charge in [0.05, 0.1) is 10.9 Å². The quantitative estimate of drug-likeness (QED) is 0.229. The minimum Gasteiger partial charge on any atom is -0.507 e. The lowest BCUT2D eigenvalue weighted by Crippen LogP contribution is -2.38. The van der Waals surface area contributed by atoms with Crippen molar-refractivity contribution in [3.05, 3.63) is 83.4 Å².